The standard InChI is InChI=1S/C11H20O2.C5H11NO2/c1-3-9-4-6-10(7-5-9)8(2)11(12)13;1-5(2,3)8-4(6)7/h8-10H,3-7H2,1-2H3,(H,12,13);1-3H3,(H2,6,7). The van der Waals surface area contributed by atoms with E-state index in [2.05, 4.69) is 11.7 Å². The molecule has 0 saturated heterocycles. The van der Waals surface area contributed by atoms with E-state index in [0.717, 1.165) is 18.8 Å². The Balaban J connectivity index is 0.000000433. The van der Waals surface area contributed by atoms with E-state index >= 15 is 0 Å². The second-order valence-electron chi connectivity index (χ2n) is 6.85. The Hall–Kier alpha value is -1.26. The van der Waals surface area contributed by atoms with Crippen LogP contribution < -0.4 is 5.73 Å². The predicted molar refractivity (Wildman–Crippen MR) is 83.0 cm³/mol. The maximum Gasteiger partial charge on any atom is 0.405 e. The zero-order valence-corrected chi connectivity index (χ0v) is 14.0. The van der Waals surface area contributed by atoms with Crippen LogP contribution in [0.1, 0.15) is 66.7 Å². The third-order valence-corrected chi connectivity index (χ3v) is 3.97. The minimum absolute atomic E-state index is 0.141. The van der Waals surface area contributed by atoms with E-state index in [1.165, 1.54) is 19.3 Å². The molecule has 21 heavy (non-hydrogen) atoms. The molecule has 3 N–H and O–H groups in total. The van der Waals surface area contributed by atoms with Gasteiger partial charge in [0, 0.05) is 0 Å². The second-order valence-corrected chi connectivity index (χ2v) is 6.85. The first-order valence-corrected chi connectivity index (χ1v) is 7.78. The fraction of sp³-hybridized carbons (Fsp3) is 0.875. The third kappa shape index (κ3) is 9.32. The number of ether oxygens (including phenoxy) is 1. The van der Waals surface area contributed by atoms with Gasteiger partial charge in [0.1, 0.15) is 5.60 Å². The van der Waals surface area contributed by atoms with E-state index in [-0.39, 0.29) is 5.92 Å². The van der Waals surface area contributed by atoms with Crippen molar-refractivity contribution in [3.8, 4) is 0 Å². The lowest BCUT2D eigenvalue weighted by atomic mass is 9.76. The molecular weight excluding hydrogens is 270 g/mol. The molecule has 1 fully saturated rings. The zero-order chi connectivity index (χ0) is 16.6. The fourth-order valence-corrected chi connectivity index (χ4v) is 2.60. The van der Waals surface area contributed by atoms with Crippen molar-refractivity contribution in [2.75, 3.05) is 0 Å². The number of rotatable bonds is 3. The molecule has 0 spiro atoms. The Labute approximate surface area is 128 Å². The smallest absolute Gasteiger partial charge is 0.405 e. The van der Waals surface area contributed by atoms with Gasteiger partial charge in [0.15, 0.2) is 0 Å². The van der Waals surface area contributed by atoms with E-state index < -0.39 is 17.7 Å². The van der Waals surface area contributed by atoms with Crippen LogP contribution in [0.15, 0.2) is 0 Å². The summed E-state index contributed by atoms with van der Waals surface area (Å²) in [6.07, 6.45) is 5.24. The molecule has 1 rings (SSSR count). The average molecular weight is 301 g/mol. The Kier molecular flexibility index (Phi) is 8.37. The number of nitrogens with two attached hydrogens (primary N) is 1. The number of hydrogen-bond acceptors (Lipinski definition) is 3. The van der Waals surface area contributed by atoms with Gasteiger partial charge in [0.25, 0.3) is 0 Å². The lowest BCUT2D eigenvalue weighted by Crippen LogP contribution is -2.27. The van der Waals surface area contributed by atoms with Crippen molar-refractivity contribution < 1.29 is 19.4 Å². The molecule has 0 aromatic carbocycles. The summed E-state index contributed by atoms with van der Waals surface area (Å²) in [5, 5.41) is 8.86. The van der Waals surface area contributed by atoms with Crippen LogP contribution in [-0.4, -0.2) is 22.8 Å². The van der Waals surface area contributed by atoms with Crippen LogP contribution in [0.2, 0.25) is 0 Å². The minimum atomic E-state index is -0.725. The Morgan fingerprint density at radius 2 is 1.71 bits per heavy atom. The number of primary amides is 1. The molecule has 5 heteroatoms. The summed E-state index contributed by atoms with van der Waals surface area (Å²) in [5.74, 6) is 0.523. The van der Waals surface area contributed by atoms with Crippen molar-refractivity contribution in [1.82, 2.24) is 0 Å². The van der Waals surface area contributed by atoms with E-state index in [1.807, 2.05) is 6.92 Å². The molecule has 124 valence electrons. The SMILES string of the molecule is CC(C)(C)OC(N)=O.CCC1CCC(C(C)C(=O)O)CC1. The average Bonchev–Trinajstić information content (AvgIpc) is 2.35. The molecule has 1 unspecified atom stereocenters. The Morgan fingerprint density at radius 3 is 1.95 bits per heavy atom. The first kappa shape index (κ1) is 19.7. The molecular formula is C16H31NO4. The number of amides is 1. The highest BCUT2D eigenvalue weighted by Gasteiger charge is 2.27. The third-order valence-electron chi connectivity index (χ3n) is 3.97. The second kappa shape index (κ2) is 8.90. The largest absolute Gasteiger partial charge is 0.481 e. The summed E-state index contributed by atoms with van der Waals surface area (Å²) >= 11 is 0. The van der Waals surface area contributed by atoms with E-state index in [1.54, 1.807) is 20.8 Å². The summed E-state index contributed by atoms with van der Waals surface area (Å²) in [6, 6.07) is 0. The van der Waals surface area contributed by atoms with Crippen LogP contribution in [0.5, 0.6) is 0 Å². The molecule has 5 nitrogen and oxygen atoms in total. The maximum atomic E-state index is 10.7. The monoisotopic (exact) mass is 301 g/mol. The quantitative estimate of drug-likeness (QED) is 0.829. The van der Waals surface area contributed by atoms with Gasteiger partial charge in [-0.25, -0.2) is 4.79 Å². The van der Waals surface area contributed by atoms with Gasteiger partial charge in [-0.15, -0.1) is 0 Å². The van der Waals surface area contributed by atoms with Gasteiger partial charge in [0.05, 0.1) is 5.92 Å². The van der Waals surface area contributed by atoms with Crippen LogP contribution in [0.25, 0.3) is 0 Å². The van der Waals surface area contributed by atoms with E-state index in [9.17, 15) is 9.59 Å². The highest BCUT2D eigenvalue weighted by Crippen LogP contribution is 2.34. The molecule has 0 aliphatic heterocycles. The highest BCUT2D eigenvalue weighted by atomic mass is 16.6. The number of hydrogen-bond donors (Lipinski definition) is 2. The van der Waals surface area contributed by atoms with Crippen LogP contribution in [0.4, 0.5) is 4.79 Å². The normalized spacial score (nSPS) is 23.5. The van der Waals surface area contributed by atoms with Gasteiger partial charge in [-0.2, -0.15) is 0 Å². The van der Waals surface area contributed by atoms with Crippen LogP contribution in [-0.2, 0) is 9.53 Å². The van der Waals surface area contributed by atoms with Gasteiger partial charge in [-0.1, -0.05) is 33.1 Å². The zero-order valence-electron chi connectivity index (χ0n) is 14.0. The minimum Gasteiger partial charge on any atom is -0.481 e. The molecule has 0 heterocycles. The lowest BCUT2D eigenvalue weighted by Gasteiger charge is -2.29. The highest BCUT2D eigenvalue weighted by molar-refractivity contribution is 5.69. The van der Waals surface area contributed by atoms with Crippen molar-refractivity contribution in [3.63, 3.8) is 0 Å². The number of aliphatic carboxylic acids is 1. The van der Waals surface area contributed by atoms with Crippen molar-refractivity contribution >= 4 is 12.1 Å². The van der Waals surface area contributed by atoms with E-state index in [4.69, 9.17) is 10.8 Å². The number of carbonyl (C=O) groups excluding carboxylic acids is 1. The molecule has 1 atom stereocenters. The van der Waals surface area contributed by atoms with Crippen LogP contribution in [0.3, 0.4) is 0 Å². The van der Waals surface area contributed by atoms with Gasteiger partial charge in [0.2, 0.25) is 0 Å². The van der Waals surface area contributed by atoms with Gasteiger partial charge in [-0.05, 0) is 45.4 Å². The first-order valence-electron chi connectivity index (χ1n) is 7.78. The fourth-order valence-electron chi connectivity index (χ4n) is 2.60. The molecule has 1 saturated carbocycles. The Bertz CT molecular complexity index is 328. The molecule has 1 aliphatic carbocycles. The first-order chi connectivity index (χ1) is 9.56. The molecule has 0 radical (unpaired) electrons. The number of carboxylic acid groups (broad SMARTS) is 1. The topological polar surface area (TPSA) is 89.6 Å². The number of carbonyl (C=O) groups is 2. The molecule has 0 aromatic heterocycles. The van der Waals surface area contributed by atoms with Crippen LogP contribution >= 0.6 is 0 Å². The summed E-state index contributed by atoms with van der Waals surface area (Å²) in [4.78, 5) is 20.8. The van der Waals surface area contributed by atoms with Gasteiger partial charge >= 0.3 is 12.1 Å². The van der Waals surface area contributed by atoms with Crippen LogP contribution in [0, 0.1) is 17.8 Å². The summed E-state index contributed by atoms with van der Waals surface area (Å²) in [7, 11) is 0. The summed E-state index contributed by atoms with van der Waals surface area (Å²) < 4.78 is 4.58. The maximum absolute atomic E-state index is 10.7. The predicted octanol–water partition coefficient (Wildman–Crippen LogP) is 3.80. The molecule has 1 amide bonds. The Morgan fingerprint density at radius 1 is 1.24 bits per heavy atom. The van der Waals surface area contributed by atoms with Crippen molar-refractivity contribution in [2.24, 2.45) is 23.5 Å². The van der Waals surface area contributed by atoms with E-state index in [0.29, 0.717) is 5.92 Å². The number of carboxylic acids is 1. The molecule has 0 bridgehead atoms. The lowest BCUT2D eigenvalue weighted by molar-refractivity contribution is -0.143. The molecule has 0 aromatic rings. The van der Waals surface area contributed by atoms with Gasteiger partial charge in [-0.3, -0.25) is 4.79 Å². The molecule has 1 aliphatic rings. The van der Waals surface area contributed by atoms with Gasteiger partial charge < -0.3 is 15.6 Å². The summed E-state index contributed by atoms with van der Waals surface area (Å²) in [5.41, 5.74) is 4.26. The van der Waals surface area contributed by atoms with Crippen molar-refractivity contribution in [1.29, 1.82) is 0 Å². The summed E-state index contributed by atoms with van der Waals surface area (Å²) in [6.45, 7) is 9.36. The van der Waals surface area contributed by atoms with Crippen molar-refractivity contribution in [3.05, 3.63) is 0 Å². The van der Waals surface area contributed by atoms with Crippen molar-refractivity contribution in [2.45, 2.75) is 72.3 Å².